The zero-order valence-electron chi connectivity index (χ0n) is 60.9. The third-order valence-electron chi connectivity index (χ3n) is 21.6. The number of likely N-dealkylation sites (N-methyl/N-ethyl adjacent to an activating group) is 1. The molecule has 5 bridgehead atoms. The molecular weight excluding hydrogens is 1390 g/mol. The smallest absolute Gasteiger partial charge is 0.341 e. The van der Waals surface area contributed by atoms with E-state index >= 15 is 9.18 Å². The van der Waals surface area contributed by atoms with Gasteiger partial charge in [0.25, 0.3) is 5.91 Å². The van der Waals surface area contributed by atoms with Crippen molar-refractivity contribution in [2.24, 2.45) is 29.1 Å². The number of aromatic nitrogens is 2. The Labute approximate surface area is 606 Å². The van der Waals surface area contributed by atoms with Crippen LogP contribution in [-0.4, -0.2) is 171 Å². The number of aliphatic hydroxyl groups excluding tert-OH is 3. The maximum absolute atomic E-state index is 16.7. The number of methoxy groups -OCH3 is 1. The molecule has 4 aromatic carbocycles. The lowest BCUT2D eigenvalue weighted by Crippen LogP contribution is -2.50. The van der Waals surface area contributed by atoms with Gasteiger partial charge in [-0.25, -0.2) is 14.2 Å². The molecule has 29 nitrogen and oxygen atoms in total. The number of pyridine rings is 1. The van der Waals surface area contributed by atoms with Gasteiger partial charge in [0.1, 0.15) is 59.1 Å². The van der Waals surface area contributed by atoms with E-state index in [1.807, 2.05) is 0 Å². The van der Waals surface area contributed by atoms with E-state index in [-0.39, 0.29) is 97.9 Å². The van der Waals surface area contributed by atoms with Gasteiger partial charge in [-0.3, -0.25) is 33.6 Å². The van der Waals surface area contributed by atoms with Crippen LogP contribution in [0.1, 0.15) is 130 Å². The van der Waals surface area contributed by atoms with E-state index in [1.165, 1.54) is 105 Å². The molecular formula is C76H88FN5O24. The van der Waals surface area contributed by atoms with Crippen molar-refractivity contribution in [2.75, 3.05) is 49.2 Å². The Morgan fingerprint density at radius 1 is 0.934 bits per heavy atom. The van der Waals surface area contributed by atoms with Crippen molar-refractivity contribution in [3.63, 3.8) is 0 Å². The second kappa shape index (κ2) is 29.2. The summed E-state index contributed by atoms with van der Waals surface area (Å²) in [6.07, 6.45) is 0.726. The summed E-state index contributed by atoms with van der Waals surface area (Å²) in [4.78, 5) is 118. The number of anilines is 3. The number of allylic oxidation sites excluding steroid dienone is 2. The number of hydrogen-bond donors (Lipinski definition) is 7. The number of aliphatic hydroxyl groups is 3. The number of carboxylic acid groups (broad SMARTS) is 2. The molecule has 3 saturated heterocycles. The predicted octanol–water partition coefficient (Wildman–Crippen LogP) is 7.82. The molecule has 106 heavy (non-hydrogen) atoms. The number of nitrogens with one attached hydrogen (secondary N) is 1. The zero-order valence-corrected chi connectivity index (χ0v) is 60.9. The minimum absolute atomic E-state index is 0.0146. The first-order chi connectivity index (χ1) is 50.0. The fraction of sp³-hybridized carbons (Fsp3) is 0.513. The molecule has 1 saturated carbocycles. The number of benzene rings is 4. The summed E-state index contributed by atoms with van der Waals surface area (Å²) in [5.41, 5.74) is -6.19. The van der Waals surface area contributed by atoms with Crippen molar-refractivity contribution in [2.45, 2.75) is 188 Å². The van der Waals surface area contributed by atoms with E-state index < -0.39 is 188 Å². The molecule has 5 aliphatic heterocycles. The van der Waals surface area contributed by atoms with E-state index in [0.29, 0.717) is 32.2 Å². The van der Waals surface area contributed by atoms with E-state index in [4.69, 9.17) is 52.0 Å². The fourth-order valence-corrected chi connectivity index (χ4v) is 15.4. The van der Waals surface area contributed by atoms with Crippen LogP contribution >= 0.6 is 0 Å². The highest BCUT2D eigenvalue weighted by Crippen LogP contribution is 2.47. The summed E-state index contributed by atoms with van der Waals surface area (Å²) in [6.45, 7) is 16.6. The number of carboxylic acids is 2. The SMILES string of the molecule is COc1c(N2CCCC(N(C)c3cc(=O)c4nc5c(oc4c3)c3c(=O)c4c(O)c(C)c6c(c45)=C(O)[C@@](C)(O/C=C/[C@H](O[C@H]4C[C@@H]5OCO[C@@H]5[C@@H](C)O4)[C@@H](C)[C@@H](OC(C)=O)[C@H](C)[C@H](O)[C@H](C)[C@@H](O)[C@@H](C(C)OC(=O)C(C)(C)CC(=O)O)/C=C/C=C(/C)C(=O)N3)O6)C2)c(F)cc2c(=O)c(C(=O)O)cn(C3CC3)c12. The highest BCUT2D eigenvalue weighted by Gasteiger charge is 2.48. The molecule has 1 aliphatic carbocycles. The van der Waals surface area contributed by atoms with Crippen molar-refractivity contribution < 1.29 is 106 Å². The first-order valence-corrected chi connectivity index (χ1v) is 35.3. The summed E-state index contributed by atoms with van der Waals surface area (Å²) >= 11 is 0. The molecule has 6 aliphatic rings. The molecule has 0 spiro atoms. The maximum atomic E-state index is 16.7. The molecule has 1 amide bonds. The van der Waals surface area contributed by atoms with Gasteiger partial charge in [-0.15, -0.1) is 0 Å². The second-order valence-corrected chi connectivity index (χ2v) is 29.5. The number of amides is 1. The van der Waals surface area contributed by atoms with Gasteiger partial charge in [-0.05, 0) is 79.4 Å². The van der Waals surface area contributed by atoms with Gasteiger partial charge in [-0.1, -0.05) is 39.0 Å². The van der Waals surface area contributed by atoms with Crippen LogP contribution in [0, 0.1) is 41.8 Å². The highest BCUT2D eigenvalue weighted by molar-refractivity contribution is 6.17. The van der Waals surface area contributed by atoms with Crippen LogP contribution in [0.4, 0.5) is 21.5 Å². The number of nitrogens with zero attached hydrogens (tertiary/aromatic N) is 4. The van der Waals surface area contributed by atoms with Crippen LogP contribution in [0.15, 0.2) is 79.3 Å². The van der Waals surface area contributed by atoms with Crippen LogP contribution in [-0.2, 0) is 52.3 Å². The Bertz CT molecular complexity index is 4930. The number of rotatable bonds is 14. The molecule has 2 aromatic heterocycles. The number of phenolic OH excluding ortho intramolecular Hbond substituents is 1. The number of piperidine rings is 1. The molecule has 6 aromatic rings. The molecule has 7 heterocycles. The first-order valence-electron chi connectivity index (χ1n) is 35.3. The Morgan fingerprint density at radius 3 is 2.34 bits per heavy atom. The Hall–Kier alpha value is -9.72. The standard InChI is InChI=1S/C76H88FN5O24/c1-32-16-14-18-43(37(6)102-74(96)75(9,10)28-51(85)86)62(88)34(3)61(87)35(4)66(103-39(8)83)33(2)48(104-52-27-50-68(38(7)101-52)99-31-98-50)21-23-100-76(11)71(92)55-53-54(63(89)36(5)67(55)106-76)65(91)58(79-72(32)93)69-57(53)78-56-47(84)24-42(25-49(56)105-69)80(12)41-17-15-22-81(29-41)60-46(77)26-44-59(70(60)97-13)82(40-19-20-40)30-45(64(44)90)73(94)95/h14,16,18,21,23-26,30,33-35,37-38,40-41,43,48,50,52,61-62,66,68,87-89,92H,15,17,19-20,22,27-29,31H2,1-13H3,(H,79,93)(H,85,86)(H,94,95)/b18-14+,23-21+,32-16-/t33-,34+,35-,37?,38-,41?,43-,48+,50+,52+,61-,62-,66-,68-,76+/m1/s1. The molecule has 2 unspecified atom stereocenters. The number of esters is 2. The van der Waals surface area contributed by atoms with Gasteiger partial charge >= 0.3 is 29.7 Å². The monoisotopic (exact) mass is 1470 g/mol. The Kier molecular flexibility index (Phi) is 20.9. The van der Waals surface area contributed by atoms with E-state index in [1.54, 1.807) is 42.2 Å². The zero-order chi connectivity index (χ0) is 76.8. The maximum Gasteiger partial charge on any atom is 0.341 e. The number of aliphatic carboxylic acids is 1. The van der Waals surface area contributed by atoms with Crippen molar-refractivity contribution in [3.8, 4) is 17.2 Å². The number of phenols is 1. The lowest BCUT2D eigenvalue weighted by molar-refractivity contribution is -0.246. The van der Waals surface area contributed by atoms with Crippen LogP contribution in [0.25, 0.3) is 49.6 Å². The highest BCUT2D eigenvalue weighted by atomic mass is 19.1. The number of fused-ring (bicyclic) bond motifs is 7. The van der Waals surface area contributed by atoms with E-state index in [9.17, 15) is 64.2 Å². The van der Waals surface area contributed by atoms with E-state index in [0.717, 1.165) is 12.3 Å². The molecule has 30 heteroatoms. The third kappa shape index (κ3) is 14.0. The fourth-order valence-electron chi connectivity index (χ4n) is 15.4. The molecule has 15 atom stereocenters. The number of hydrogen-bond acceptors (Lipinski definition) is 25. The molecule has 12 rings (SSSR count). The first kappa shape index (κ1) is 75.9. The van der Waals surface area contributed by atoms with Crippen LogP contribution < -0.4 is 46.1 Å². The van der Waals surface area contributed by atoms with Gasteiger partial charge < -0.3 is 97.4 Å². The number of carbonyl (C=O) groups is 5. The van der Waals surface area contributed by atoms with Crippen molar-refractivity contribution in [1.29, 1.82) is 0 Å². The topological polar surface area (TPSA) is 390 Å². The summed E-state index contributed by atoms with van der Waals surface area (Å²) in [7, 11) is 3.06. The largest absolute Gasteiger partial charge is 0.507 e. The number of carbonyl (C=O) groups excluding carboxylic acids is 3. The lowest BCUT2D eigenvalue weighted by Gasteiger charge is -2.41. The van der Waals surface area contributed by atoms with Gasteiger partial charge in [0.05, 0.1) is 77.2 Å². The molecule has 4 fully saturated rings. The molecule has 7 N–H and O–H groups in total. The minimum Gasteiger partial charge on any atom is -0.507 e. The van der Waals surface area contributed by atoms with Gasteiger partial charge in [0, 0.05) is 117 Å². The summed E-state index contributed by atoms with van der Waals surface area (Å²) < 4.78 is 80.5. The quantitative estimate of drug-likeness (QED) is 0.0310. The predicted molar refractivity (Wildman–Crippen MR) is 382 cm³/mol. The number of halogens is 1. The van der Waals surface area contributed by atoms with Crippen LogP contribution in [0.5, 0.6) is 17.2 Å². The Balaban J connectivity index is 0.998. The number of aromatic hydroxyl groups is 1. The minimum atomic E-state index is -2.22. The average molecular weight is 1470 g/mol. The van der Waals surface area contributed by atoms with E-state index in [2.05, 4.69) is 5.32 Å². The Morgan fingerprint density at radius 2 is 1.66 bits per heavy atom. The van der Waals surface area contributed by atoms with Crippen molar-refractivity contribution in [1.82, 2.24) is 9.55 Å². The van der Waals surface area contributed by atoms with Crippen LogP contribution in [0.2, 0.25) is 0 Å². The van der Waals surface area contributed by atoms with Gasteiger partial charge in [0.15, 0.2) is 40.3 Å². The molecule has 568 valence electrons. The third-order valence-corrected chi connectivity index (χ3v) is 21.6. The van der Waals surface area contributed by atoms with Crippen molar-refractivity contribution in [3.05, 3.63) is 113 Å². The number of aromatic carboxylic acids is 1. The molecule has 0 radical (unpaired) electrons. The second-order valence-electron chi connectivity index (χ2n) is 29.5. The number of ether oxygens (including phenoxy) is 9. The normalized spacial score (nSPS) is 28.8. The van der Waals surface area contributed by atoms with Crippen LogP contribution in [0.3, 0.4) is 0 Å². The summed E-state index contributed by atoms with van der Waals surface area (Å²) in [5, 5.41) is 71.2. The summed E-state index contributed by atoms with van der Waals surface area (Å²) in [5.74, 6) is -14.2. The summed E-state index contributed by atoms with van der Waals surface area (Å²) in [6, 6.07) is 3.21. The average Bonchev–Trinajstić information content (AvgIpc) is 1.38. The lowest BCUT2D eigenvalue weighted by atomic mass is 9.77. The van der Waals surface area contributed by atoms with Crippen molar-refractivity contribution >= 4 is 96.5 Å². The van der Waals surface area contributed by atoms with Gasteiger partial charge in [0.2, 0.25) is 16.3 Å². The van der Waals surface area contributed by atoms with Gasteiger partial charge in [-0.2, -0.15) is 0 Å².